The van der Waals surface area contributed by atoms with Crippen LogP contribution in [-0.2, 0) is 13.0 Å². The van der Waals surface area contributed by atoms with Crippen molar-refractivity contribution >= 4 is 43.8 Å². The maximum Gasteiger partial charge on any atom is 0.262 e. The van der Waals surface area contributed by atoms with Gasteiger partial charge in [0, 0.05) is 29.6 Å². The van der Waals surface area contributed by atoms with E-state index < -0.39 is 23.1 Å². The lowest BCUT2D eigenvalue weighted by atomic mass is 10.0. The molecule has 8 heteroatoms. The minimum absolute atomic E-state index is 0.404. The number of thiophene rings is 1. The highest BCUT2D eigenvalue weighted by atomic mass is 32.1. The van der Waals surface area contributed by atoms with Gasteiger partial charge in [-0.15, -0.1) is 22.7 Å². The summed E-state index contributed by atoms with van der Waals surface area (Å²) in [6, 6.07) is 11.7. The Morgan fingerprint density at radius 3 is 2.56 bits per heavy atom. The van der Waals surface area contributed by atoms with Crippen LogP contribution in [0.3, 0.4) is 0 Å². The number of nitrogens with one attached hydrogen (secondary N) is 1. The molecule has 5 rings (SSSR count). The van der Waals surface area contributed by atoms with Crippen molar-refractivity contribution < 1.29 is 13.6 Å². The van der Waals surface area contributed by atoms with Crippen molar-refractivity contribution in [2.75, 3.05) is 11.9 Å². The molecule has 0 saturated heterocycles. The van der Waals surface area contributed by atoms with Crippen molar-refractivity contribution in [1.82, 2.24) is 9.88 Å². The molecule has 164 valence electrons. The fourth-order valence-corrected chi connectivity index (χ4v) is 6.42. The fraction of sp³-hybridized carbons (Fsp3) is 0.250. The first-order valence-electron chi connectivity index (χ1n) is 10.4. The van der Waals surface area contributed by atoms with E-state index in [0.717, 1.165) is 62.9 Å². The number of thiazole rings is 1. The number of rotatable bonds is 4. The summed E-state index contributed by atoms with van der Waals surface area (Å²) in [6.07, 6.45) is 0.833. The number of benzene rings is 2. The van der Waals surface area contributed by atoms with Crippen molar-refractivity contribution in [1.29, 1.82) is 0 Å². The van der Waals surface area contributed by atoms with Crippen LogP contribution in [0.2, 0.25) is 0 Å². The standard InChI is InChI=1S/C24H21F2N3OS2/c1-13(2)29-11-10-14-19(12-29)32-24(28-22(30)21-15(25)6-5-7-16(21)26)20(14)23-27-17-8-3-4-9-18(17)31-23/h3-9,13H,10-12H2,1-2H3,(H,28,30). The highest BCUT2D eigenvalue weighted by Crippen LogP contribution is 2.46. The molecule has 0 saturated carbocycles. The minimum atomic E-state index is -0.878. The number of carbonyl (C=O) groups excluding carboxylic acids is 1. The number of carbonyl (C=O) groups is 1. The van der Waals surface area contributed by atoms with Gasteiger partial charge in [-0.05, 0) is 50.1 Å². The summed E-state index contributed by atoms with van der Waals surface area (Å²) >= 11 is 3.03. The third-order valence-corrected chi connectivity index (χ3v) is 7.93. The Balaban J connectivity index is 1.61. The summed E-state index contributed by atoms with van der Waals surface area (Å²) in [5, 5.41) is 4.20. The Kier molecular flexibility index (Phi) is 5.53. The van der Waals surface area contributed by atoms with Crippen molar-refractivity contribution in [3.63, 3.8) is 0 Å². The van der Waals surface area contributed by atoms with Gasteiger partial charge in [-0.25, -0.2) is 13.8 Å². The molecule has 2 aromatic heterocycles. The number of halogens is 2. The van der Waals surface area contributed by atoms with Crippen LogP contribution in [0.1, 0.15) is 34.6 Å². The zero-order valence-electron chi connectivity index (χ0n) is 17.6. The molecule has 0 radical (unpaired) electrons. The zero-order chi connectivity index (χ0) is 22.4. The second-order valence-electron chi connectivity index (χ2n) is 8.06. The quantitative estimate of drug-likeness (QED) is 0.380. The molecular formula is C24H21F2N3OS2. The third kappa shape index (κ3) is 3.72. The molecule has 4 nitrogen and oxygen atoms in total. The molecule has 0 fully saturated rings. The molecule has 0 unspecified atom stereocenters. The summed E-state index contributed by atoms with van der Waals surface area (Å²) in [4.78, 5) is 21.2. The minimum Gasteiger partial charge on any atom is -0.313 e. The lowest BCUT2D eigenvalue weighted by Crippen LogP contribution is -2.35. The Hall–Kier alpha value is -2.68. The first-order valence-corrected chi connectivity index (χ1v) is 12.1. The van der Waals surface area contributed by atoms with E-state index >= 15 is 0 Å². The molecule has 0 atom stereocenters. The van der Waals surface area contributed by atoms with E-state index in [9.17, 15) is 13.6 Å². The van der Waals surface area contributed by atoms with Gasteiger partial charge in [0.1, 0.15) is 27.2 Å². The van der Waals surface area contributed by atoms with E-state index in [1.807, 2.05) is 24.3 Å². The SMILES string of the molecule is CC(C)N1CCc2c(sc(NC(=O)c3c(F)cccc3F)c2-c2nc3ccccc3s2)C1. The number of nitrogens with zero attached hydrogens (tertiary/aromatic N) is 2. The molecule has 1 amide bonds. The summed E-state index contributed by atoms with van der Waals surface area (Å²) < 4.78 is 29.5. The average Bonchev–Trinajstić information content (AvgIpc) is 3.33. The Labute approximate surface area is 192 Å². The highest BCUT2D eigenvalue weighted by molar-refractivity contribution is 7.23. The Morgan fingerprint density at radius 2 is 1.84 bits per heavy atom. The summed E-state index contributed by atoms with van der Waals surface area (Å²) in [6.45, 7) is 6.02. The van der Waals surface area contributed by atoms with Crippen LogP contribution in [-0.4, -0.2) is 28.4 Å². The number of hydrogen-bond acceptors (Lipinski definition) is 5. The van der Waals surface area contributed by atoms with Crippen molar-refractivity contribution in [3.8, 4) is 10.6 Å². The number of fused-ring (bicyclic) bond motifs is 2. The zero-order valence-corrected chi connectivity index (χ0v) is 19.2. The highest BCUT2D eigenvalue weighted by Gasteiger charge is 2.29. The molecule has 0 spiro atoms. The molecule has 1 aliphatic heterocycles. The first kappa shape index (κ1) is 21.2. The number of hydrogen-bond donors (Lipinski definition) is 1. The largest absolute Gasteiger partial charge is 0.313 e. The molecule has 1 aliphatic rings. The van der Waals surface area contributed by atoms with E-state index in [0.29, 0.717) is 11.0 Å². The molecule has 0 bridgehead atoms. The topological polar surface area (TPSA) is 45.2 Å². The maximum atomic E-state index is 14.2. The van der Waals surface area contributed by atoms with Crippen LogP contribution >= 0.6 is 22.7 Å². The van der Waals surface area contributed by atoms with Gasteiger partial charge in [0.2, 0.25) is 0 Å². The molecule has 1 N–H and O–H groups in total. The molecule has 0 aliphatic carbocycles. The van der Waals surface area contributed by atoms with Crippen LogP contribution in [0.25, 0.3) is 20.8 Å². The molecule has 2 aromatic carbocycles. The molecule has 3 heterocycles. The van der Waals surface area contributed by atoms with Gasteiger partial charge in [-0.3, -0.25) is 9.69 Å². The molecule has 4 aromatic rings. The predicted molar refractivity (Wildman–Crippen MR) is 126 cm³/mol. The van der Waals surface area contributed by atoms with Crippen LogP contribution in [0, 0.1) is 11.6 Å². The van der Waals surface area contributed by atoms with Crippen molar-refractivity contribution in [3.05, 3.63) is 70.1 Å². The summed E-state index contributed by atoms with van der Waals surface area (Å²) in [5.74, 6) is -2.55. The van der Waals surface area contributed by atoms with Crippen molar-refractivity contribution in [2.45, 2.75) is 32.9 Å². The summed E-state index contributed by atoms with van der Waals surface area (Å²) in [5.41, 5.74) is 2.36. The normalized spacial score (nSPS) is 14.2. The second kappa shape index (κ2) is 8.35. The monoisotopic (exact) mass is 469 g/mol. The first-order chi connectivity index (χ1) is 15.4. The van der Waals surface area contributed by atoms with Gasteiger partial charge in [0.05, 0.1) is 10.2 Å². The van der Waals surface area contributed by atoms with Crippen LogP contribution in [0.5, 0.6) is 0 Å². The number of anilines is 1. The van der Waals surface area contributed by atoms with E-state index in [4.69, 9.17) is 4.98 Å². The van der Waals surface area contributed by atoms with Crippen LogP contribution in [0.15, 0.2) is 42.5 Å². The van der Waals surface area contributed by atoms with E-state index in [-0.39, 0.29) is 0 Å². The van der Waals surface area contributed by atoms with Gasteiger partial charge in [-0.1, -0.05) is 18.2 Å². The molecular weight excluding hydrogens is 448 g/mol. The van der Waals surface area contributed by atoms with Crippen LogP contribution in [0.4, 0.5) is 13.8 Å². The maximum absolute atomic E-state index is 14.2. The van der Waals surface area contributed by atoms with E-state index in [1.165, 1.54) is 17.4 Å². The average molecular weight is 470 g/mol. The number of para-hydroxylation sites is 1. The van der Waals surface area contributed by atoms with Gasteiger partial charge in [0.25, 0.3) is 5.91 Å². The summed E-state index contributed by atoms with van der Waals surface area (Å²) in [7, 11) is 0. The lowest BCUT2D eigenvalue weighted by Gasteiger charge is -2.30. The molecule has 32 heavy (non-hydrogen) atoms. The second-order valence-corrected chi connectivity index (χ2v) is 10.2. The van der Waals surface area contributed by atoms with Crippen molar-refractivity contribution in [2.24, 2.45) is 0 Å². The van der Waals surface area contributed by atoms with Crippen LogP contribution < -0.4 is 5.32 Å². The Morgan fingerprint density at radius 1 is 1.09 bits per heavy atom. The van der Waals surface area contributed by atoms with Gasteiger partial charge in [-0.2, -0.15) is 0 Å². The lowest BCUT2D eigenvalue weighted by molar-refractivity contribution is 0.101. The van der Waals surface area contributed by atoms with Gasteiger partial charge >= 0.3 is 0 Å². The van der Waals surface area contributed by atoms with Gasteiger partial charge in [0.15, 0.2) is 0 Å². The van der Waals surface area contributed by atoms with Gasteiger partial charge < -0.3 is 5.32 Å². The van der Waals surface area contributed by atoms with E-state index in [2.05, 4.69) is 24.1 Å². The van der Waals surface area contributed by atoms with E-state index in [1.54, 1.807) is 11.3 Å². The fourth-order valence-electron chi connectivity index (χ4n) is 4.04. The smallest absolute Gasteiger partial charge is 0.262 e. The Bertz CT molecular complexity index is 1280. The predicted octanol–water partition coefficient (Wildman–Crippen LogP) is 6.32. The number of amides is 1. The number of aromatic nitrogens is 1. The third-order valence-electron chi connectivity index (χ3n) is 5.74.